The van der Waals surface area contributed by atoms with Crippen LogP contribution in [-0.2, 0) is 6.54 Å². The molecule has 1 aromatic carbocycles. The van der Waals surface area contributed by atoms with Crippen LogP contribution in [0.5, 0.6) is 0 Å². The van der Waals surface area contributed by atoms with E-state index in [2.05, 4.69) is 24.1 Å². The molecule has 0 amide bonds. The molecule has 0 aromatic heterocycles. The molecule has 118 valence electrons. The predicted octanol–water partition coefficient (Wildman–Crippen LogP) is 2.80. The third kappa shape index (κ3) is 6.18. The van der Waals surface area contributed by atoms with Gasteiger partial charge >= 0.3 is 5.69 Å². The molecule has 0 aliphatic carbocycles. The molecule has 0 saturated carbocycles. The summed E-state index contributed by atoms with van der Waals surface area (Å²) in [6.07, 6.45) is 1.02. The van der Waals surface area contributed by atoms with Gasteiger partial charge in [0.1, 0.15) is 0 Å². The quantitative estimate of drug-likeness (QED) is 0.592. The standard InChI is InChI=1S/C15H24FN3O2/c1-11(2)7-13(10-18(3)4)17-9-12-5-6-15(19(20)21)14(16)8-12/h5-6,8,11,13,17H,7,9-10H2,1-4H3. The van der Waals surface area contributed by atoms with Crippen molar-refractivity contribution < 1.29 is 9.31 Å². The van der Waals surface area contributed by atoms with Gasteiger partial charge in [-0.3, -0.25) is 10.1 Å². The Morgan fingerprint density at radius 3 is 2.52 bits per heavy atom. The molecule has 1 N–H and O–H groups in total. The minimum Gasteiger partial charge on any atom is -0.309 e. The molecule has 1 rings (SSSR count). The van der Waals surface area contributed by atoms with Crippen LogP contribution in [0.4, 0.5) is 10.1 Å². The maximum absolute atomic E-state index is 13.6. The van der Waals surface area contributed by atoms with Crippen LogP contribution in [0.15, 0.2) is 18.2 Å². The van der Waals surface area contributed by atoms with Gasteiger partial charge in [0, 0.05) is 25.2 Å². The number of rotatable bonds is 8. The molecule has 0 aliphatic heterocycles. The van der Waals surface area contributed by atoms with Gasteiger partial charge < -0.3 is 10.2 Å². The van der Waals surface area contributed by atoms with Gasteiger partial charge in [-0.05, 0) is 38.1 Å². The smallest absolute Gasteiger partial charge is 0.304 e. The monoisotopic (exact) mass is 297 g/mol. The number of halogens is 1. The lowest BCUT2D eigenvalue weighted by atomic mass is 10.0. The third-order valence-corrected chi connectivity index (χ3v) is 3.15. The van der Waals surface area contributed by atoms with E-state index in [1.165, 1.54) is 12.1 Å². The van der Waals surface area contributed by atoms with E-state index in [1.54, 1.807) is 6.07 Å². The van der Waals surface area contributed by atoms with Crippen molar-refractivity contribution in [3.8, 4) is 0 Å². The second kappa shape index (κ2) is 8.05. The predicted molar refractivity (Wildman–Crippen MR) is 81.7 cm³/mol. The van der Waals surface area contributed by atoms with Crippen molar-refractivity contribution >= 4 is 5.69 Å². The fourth-order valence-corrected chi connectivity index (χ4v) is 2.30. The first-order valence-corrected chi connectivity index (χ1v) is 7.10. The van der Waals surface area contributed by atoms with E-state index >= 15 is 0 Å². The van der Waals surface area contributed by atoms with E-state index in [4.69, 9.17) is 0 Å². The number of nitrogens with one attached hydrogen (secondary N) is 1. The van der Waals surface area contributed by atoms with Crippen molar-refractivity contribution in [1.82, 2.24) is 10.2 Å². The van der Waals surface area contributed by atoms with Gasteiger partial charge in [0.15, 0.2) is 0 Å². The summed E-state index contributed by atoms with van der Waals surface area (Å²) in [7, 11) is 4.03. The number of hydrogen-bond donors (Lipinski definition) is 1. The van der Waals surface area contributed by atoms with Crippen molar-refractivity contribution in [2.45, 2.75) is 32.9 Å². The Bertz CT molecular complexity index is 468. The first-order valence-electron chi connectivity index (χ1n) is 7.10. The van der Waals surface area contributed by atoms with Crippen molar-refractivity contribution in [2.24, 2.45) is 5.92 Å². The molecule has 0 fully saturated rings. The highest BCUT2D eigenvalue weighted by Gasteiger charge is 2.15. The molecule has 0 heterocycles. The largest absolute Gasteiger partial charge is 0.309 e. The molecule has 6 heteroatoms. The summed E-state index contributed by atoms with van der Waals surface area (Å²) in [5.41, 5.74) is 0.233. The van der Waals surface area contributed by atoms with Gasteiger partial charge in [0.2, 0.25) is 5.82 Å². The topological polar surface area (TPSA) is 58.4 Å². The van der Waals surface area contributed by atoms with Crippen molar-refractivity contribution in [3.05, 3.63) is 39.7 Å². The zero-order chi connectivity index (χ0) is 16.0. The van der Waals surface area contributed by atoms with Crippen LogP contribution in [0, 0.1) is 21.8 Å². The van der Waals surface area contributed by atoms with Gasteiger partial charge in [-0.1, -0.05) is 19.9 Å². The zero-order valence-electron chi connectivity index (χ0n) is 13.1. The highest BCUT2D eigenvalue weighted by Crippen LogP contribution is 2.18. The lowest BCUT2D eigenvalue weighted by Crippen LogP contribution is -2.38. The van der Waals surface area contributed by atoms with Crippen molar-refractivity contribution in [3.63, 3.8) is 0 Å². The van der Waals surface area contributed by atoms with Crippen LogP contribution in [0.1, 0.15) is 25.8 Å². The Labute approximate surface area is 125 Å². The summed E-state index contributed by atoms with van der Waals surface area (Å²) in [6.45, 7) is 5.72. The number of benzene rings is 1. The number of nitrogens with zero attached hydrogens (tertiary/aromatic N) is 2. The van der Waals surface area contributed by atoms with E-state index in [1.807, 2.05) is 14.1 Å². The highest BCUT2D eigenvalue weighted by molar-refractivity contribution is 5.34. The van der Waals surface area contributed by atoms with Crippen LogP contribution < -0.4 is 5.32 Å². The van der Waals surface area contributed by atoms with Gasteiger partial charge in [0.05, 0.1) is 4.92 Å². The summed E-state index contributed by atoms with van der Waals surface area (Å²) in [5, 5.41) is 14.0. The summed E-state index contributed by atoms with van der Waals surface area (Å²) in [5.74, 6) is -0.219. The molecule has 5 nitrogen and oxygen atoms in total. The Balaban J connectivity index is 2.66. The van der Waals surface area contributed by atoms with E-state index in [0.717, 1.165) is 13.0 Å². The molecule has 0 aliphatic rings. The zero-order valence-corrected chi connectivity index (χ0v) is 13.1. The molecule has 1 aromatic rings. The van der Waals surface area contributed by atoms with Crippen LogP contribution in [0.2, 0.25) is 0 Å². The normalized spacial score (nSPS) is 12.9. The third-order valence-electron chi connectivity index (χ3n) is 3.15. The van der Waals surface area contributed by atoms with Gasteiger partial charge in [0.25, 0.3) is 0 Å². The summed E-state index contributed by atoms with van der Waals surface area (Å²) in [6, 6.07) is 4.34. The lowest BCUT2D eigenvalue weighted by molar-refractivity contribution is -0.387. The second-order valence-corrected chi connectivity index (χ2v) is 6.01. The summed E-state index contributed by atoms with van der Waals surface area (Å²) in [4.78, 5) is 12.0. The van der Waals surface area contributed by atoms with Crippen LogP contribution in [0.3, 0.4) is 0 Å². The molecule has 0 spiro atoms. The highest BCUT2D eigenvalue weighted by atomic mass is 19.1. The van der Waals surface area contributed by atoms with Gasteiger partial charge in [-0.25, -0.2) is 0 Å². The minimum atomic E-state index is -0.785. The van der Waals surface area contributed by atoms with E-state index < -0.39 is 16.4 Å². The molecule has 21 heavy (non-hydrogen) atoms. The van der Waals surface area contributed by atoms with Crippen LogP contribution in [0.25, 0.3) is 0 Å². The lowest BCUT2D eigenvalue weighted by Gasteiger charge is -2.24. The molecule has 0 bridgehead atoms. The molecular weight excluding hydrogens is 273 g/mol. The molecule has 1 unspecified atom stereocenters. The van der Waals surface area contributed by atoms with Crippen molar-refractivity contribution in [1.29, 1.82) is 0 Å². The molecule has 1 atom stereocenters. The summed E-state index contributed by atoms with van der Waals surface area (Å²) < 4.78 is 13.6. The van der Waals surface area contributed by atoms with E-state index in [9.17, 15) is 14.5 Å². The Morgan fingerprint density at radius 1 is 1.38 bits per heavy atom. The fourth-order valence-electron chi connectivity index (χ4n) is 2.30. The van der Waals surface area contributed by atoms with E-state index in [-0.39, 0.29) is 0 Å². The molecular formula is C15H24FN3O2. The average Bonchev–Trinajstić information content (AvgIpc) is 2.34. The number of likely N-dealkylation sites (N-methyl/N-ethyl adjacent to an activating group) is 1. The first kappa shape index (κ1) is 17.5. The average molecular weight is 297 g/mol. The maximum Gasteiger partial charge on any atom is 0.304 e. The molecule has 0 saturated heterocycles. The van der Waals surface area contributed by atoms with Crippen LogP contribution >= 0.6 is 0 Å². The van der Waals surface area contributed by atoms with E-state index in [0.29, 0.717) is 24.1 Å². The summed E-state index contributed by atoms with van der Waals surface area (Å²) >= 11 is 0. The van der Waals surface area contributed by atoms with Gasteiger partial charge in [-0.15, -0.1) is 0 Å². The molecule has 0 radical (unpaired) electrons. The first-order chi connectivity index (χ1) is 9.79. The number of nitro benzene ring substituents is 1. The Hall–Kier alpha value is -1.53. The fraction of sp³-hybridized carbons (Fsp3) is 0.600. The number of nitro groups is 1. The van der Waals surface area contributed by atoms with Crippen LogP contribution in [-0.4, -0.2) is 36.5 Å². The Kier molecular flexibility index (Phi) is 6.71. The number of hydrogen-bond acceptors (Lipinski definition) is 4. The Morgan fingerprint density at radius 2 is 2.05 bits per heavy atom. The maximum atomic E-state index is 13.6. The minimum absolute atomic E-state index is 0.304. The van der Waals surface area contributed by atoms with Crippen molar-refractivity contribution in [2.75, 3.05) is 20.6 Å². The second-order valence-electron chi connectivity index (χ2n) is 6.01. The SMILES string of the molecule is CC(C)CC(CN(C)C)NCc1ccc([N+](=O)[O-])c(F)c1. The van der Waals surface area contributed by atoms with Gasteiger partial charge in [-0.2, -0.15) is 4.39 Å².